The van der Waals surface area contributed by atoms with Crippen molar-refractivity contribution in [2.24, 2.45) is 0 Å². The molecule has 18 heavy (non-hydrogen) atoms. The fourth-order valence-corrected chi connectivity index (χ4v) is 1.53. The van der Waals surface area contributed by atoms with E-state index in [9.17, 15) is 4.79 Å². The first-order chi connectivity index (χ1) is 8.75. The van der Waals surface area contributed by atoms with Gasteiger partial charge in [-0.05, 0) is 30.7 Å². The summed E-state index contributed by atoms with van der Waals surface area (Å²) < 4.78 is 0. The van der Waals surface area contributed by atoms with E-state index < -0.39 is 0 Å². The highest BCUT2D eigenvalue weighted by Crippen LogP contribution is 2.09. The van der Waals surface area contributed by atoms with Crippen LogP contribution < -0.4 is 5.32 Å². The zero-order valence-electron chi connectivity index (χ0n) is 10.1. The largest absolute Gasteiger partial charge is 0.321 e. The van der Waals surface area contributed by atoms with E-state index in [0.29, 0.717) is 11.3 Å². The Kier molecular flexibility index (Phi) is 3.86. The number of carbonyl (C=O) groups excluding carboxylic acids is 1. The van der Waals surface area contributed by atoms with Crippen LogP contribution in [0.3, 0.4) is 0 Å². The summed E-state index contributed by atoms with van der Waals surface area (Å²) in [7, 11) is 0. The lowest BCUT2D eigenvalue weighted by atomic mass is 10.1. The van der Waals surface area contributed by atoms with E-state index in [0.717, 1.165) is 5.56 Å². The monoisotopic (exact) mass is 238 g/mol. The molecule has 1 aromatic heterocycles. The van der Waals surface area contributed by atoms with Gasteiger partial charge in [0.15, 0.2) is 0 Å². The minimum atomic E-state index is -0.119. The number of pyridine rings is 1. The Morgan fingerprint density at radius 1 is 1.17 bits per heavy atom. The summed E-state index contributed by atoms with van der Waals surface area (Å²) in [6.07, 6.45) is 5.14. The van der Waals surface area contributed by atoms with Crippen molar-refractivity contribution >= 4 is 17.7 Å². The van der Waals surface area contributed by atoms with Crippen molar-refractivity contribution < 1.29 is 4.79 Å². The van der Waals surface area contributed by atoms with Crippen molar-refractivity contribution in [2.45, 2.75) is 6.92 Å². The van der Waals surface area contributed by atoms with Crippen molar-refractivity contribution in [1.82, 2.24) is 4.98 Å². The van der Waals surface area contributed by atoms with Crippen LogP contribution in [0.1, 0.15) is 12.5 Å². The molecule has 1 amide bonds. The number of hydrogen-bond acceptors (Lipinski definition) is 2. The molecule has 0 unspecified atom stereocenters. The second kappa shape index (κ2) is 5.77. The molecule has 0 saturated carbocycles. The molecule has 0 saturated heterocycles. The SMILES string of the molecule is CC(=Cc1ccccc1)C(=O)Nc1cccnc1. The van der Waals surface area contributed by atoms with Crippen LogP contribution in [0.2, 0.25) is 0 Å². The van der Waals surface area contributed by atoms with Crippen LogP contribution >= 0.6 is 0 Å². The molecule has 2 aromatic rings. The third kappa shape index (κ3) is 3.28. The van der Waals surface area contributed by atoms with Gasteiger partial charge in [-0.3, -0.25) is 9.78 Å². The van der Waals surface area contributed by atoms with Crippen LogP contribution in [-0.4, -0.2) is 10.9 Å². The molecule has 0 radical (unpaired) electrons. The molecular weight excluding hydrogens is 224 g/mol. The minimum absolute atomic E-state index is 0.119. The molecule has 1 heterocycles. The number of aromatic nitrogens is 1. The van der Waals surface area contributed by atoms with E-state index in [4.69, 9.17) is 0 Å². The summed E-state index contributed by atoms with van der Waals surface area (Å²) in [5.74, 6) is -0.119. The number of carbonyl (C=O) groups is 1. The zero-order valence-corrected chi connectivity index (χ0v) is 10.1. The highest BCUT2D eigenvalue weighted by Gasteiger charge is 2.04. The molecule has 1 aromatic carbocycles. The topological polar surface area (TPSA) is 42.0 Å². The maximum Gasteiger partial charge on any atom is 0.251 e. The highest BCUT2D eigenvalue weighted by atomic mass is 16.1. The van der Waals surface area contributed by atoms with Gasteiger partial charge >= 0.3 is 0 Å². The summed E-state index contributed by atoms with van der Waals surface area (Å²) in [5.41, 5.74) is 2.37. The molecule has 0 bridgehead atoms. The van der Waals surface area contributed by atoms with Crippen molar-refractivity contribution in [3.05, 3.63) is 66.0 Å². The summed E-state index contributed by atoms with van der Waals surface area (Å²) >= 11 is 0. The van der Waals surface area contributed by atoms with E-state index in [-0.39, 0.29) is 5.91 Å². The van der Waals surface area contributed by atoms with Crippen LogP contribution in [0, 0.1) is 0 Å². The average Bonchev–Trinajstić information content (AvgIpc) is 2.41. The predicted molar refractivity (Wildman–Crippen MR) is 73.0 cm³/mol. The number of nitrogens with zero attached hydrogens (tertiary/aromatic N) is 1. The normalized spacial score (nSPS) is 11.1. The number of rotatable bonds is 3. The molecule has 0 aliphatic heterocycles. The first-order valence-electron chi connectivity index (χ1n) is 5.70. The van der Waals surface area contributed by atoms with Gasteiger partial charge in [0.2, 0.25) is 0 Å². The van der Waals surface area contributed by atoms with Gasteiger partial charge in [0.25, 0.3) is 5.91 Å². The second-order valence-corrected chi connectivity index (χ2v) is 3.93. The lowest BCUT2D eigenvalue weighted by Gasteiger charge is -2.04. The van der Waals surface area contributed by atoms with Gasteiger partial charge in [0, 0.05) is 11.8 Å². The van der Waals surface area contributed by atoms with Crippen LogP contribution in [0.25, 0.3) is 6.08 Å². The summed E-state index contributed by atoms with van der Waals surface area (Å²) in [4.78, 5) is 15.9. The van der Waals surface area contributed by atoms with Crippen LogP contribution in [0.5, 0.6) is 0 Å². The van der Waals surface area contributed by atoms with Gasteiger partial charge in [-0.15, -0.1) is 0 Å². The van der Waals surface area contributed by atoms with Crippen molar-refractivity contribution in [2.75, 3.05) is 5.32 Å². The van der Waals surface area contributed by atoms with Crippen LogP contribution in [0.15, 0.2) is 60.4 Å². The maximum atomic E-state index is 11.9. The van der Waals surface area contributed by atoms with Gasteiger partial charge in [0.05, 0.1) is 11.9 Å². The number of benzene rings is 1. The lowest BCUT2D eigenvalue weighted by Crippen LogP contribution is -2.12. The summed E-state index contributed by atoms with van der Waals surface area (Å²) in [5, 5.41) is 2.79. The minimum Gasteiger partial charge on any atom is -0.321 e. The molecule has 3 heteroatoms. The molecule has 0 atom stereocenters. The molecule has 0 aliphatic rings. The van der Waals surface area contributed by atoms with Crippen molar-refractivity contribution in [3.63, 3.8) is 0 Å². The predicted octanol–water partition coefficient (Wildman–Crippen LogP) is 3.12. The Labute approximate surface area is 106 Å². The van der Waals surface area contributed by atoms with E-state index in [1.807, 2.05) is 36.4 Å². The van der Waals surface area contributed by atoms with Crippen molar-refractivity contribution in [3.8, 4) is 0 Å². The Morgan fingerprint density at radius 3 is 2.61 bits per heavy atom. The fourth-order valence-electron chi connectivity index (χ4n) is 1.53. The van der Waals surface area contributed by atoms with E-state index >= 15 is 0 Å². The number of hydrogen-bond donors (Lipinski definition) is 1. The quantitative estimate of drug-likeness (QED) is 0.835. The van der Waals surface area contributed by atoms with Crippen LogP contribution in [0.4, 0.5) is 5.69 Å². The third-order valence-electron chi connectivity index (χ3n) is 2.46. The summed E-state index contributed by atoms with van der Waals surface area (Å²) in [6, 6.07) is 13.3. The smallest absolute Gasteiger partial charge is 0.251 e. The molecule has 0 fully saturated rings. The van der Waals surface area contributed by atoms with E-state index in [2.05, 4.69) is 10.3 Å². The van der Waals surface area contributed by atoms with Gasteiger partial charge in [-0.25, -0.2) is 0 Å². The Morgan fingerprint density at radius 2 is 1.94 bits per heavy atom. The standard InChI is InChI=1S/C15H14N2O/c1-12(10-13-6-3-2-4-7-13)15(18)17-14-8-5-9-16-11-14/h2-11H,1H3,(H,17,18). The second-order valence-electron chi connectivity index (χ2n) is 3.93. The van der Waals surface area contributed by atoms with E-state index in [1.54, 1.807) is 31.5 Å². The molecule has 0 spiro atoms. The number of amides is 1. The maximum absolute atomic E-state index is 11.9. The van der Waals surface area contributed by atoms with Gasteiger partial charge in [-0.2, -0.15) is 0 Å². The Hall–Kier alpha value is -2.42. The first kappa shape index (κ1) is 12.0. The van der Waals surface area contributed by atoms with Gasteiger partial charge in [0.1, 0.15) is 0 Å². The lowest BCUT2D eigenvalue weighted by molar-refractivity contribution is -0.112. The molecule has 2 rings (SSSR count). The fraction of sp³-hybridized carbons (Fsp3) is 0.0667. The van der Waals surface area contributed by atoms with Crippen LogP contribution in [-0.2, 0) is 4.79 Å². The Bertz CT molecular complexity index is 547. The average molecular weight is 238 g/mol. The molecular formula is C15H14N2O. The first-order valence-corrected chi connectivity index (χ1v) is 5.70. The Balaban J connectivity index is 2.08. The molecule has 0 aliphatic carbocycles. The van der Waals surface area contributed by atoms with Crippen molar-refractivity contribution in [1.29, 1.82) is 0 Å². The third-order valence-corrected chi connectivity index (χ3v) is 2.46. The highest BCUT2D eigenvalue weighted by molar-refractivity contribution is 6.06. The number of anilines is 1. The van der Waals surface area contributed by atoms with E-state index in [1.165, 1.54) is 0 Å². The summed E-state index contributed by atoms with van der Waals surface area (Å²) in [6.45, 7) is 1.79. The van der Waals surface area contributed by atoms with Gasteiger partial charge in [-0.1, -0.05) is 30.3 Å². The number of nitrogens with one attached hydrogen (secondary N) is 1. The molecule has 1 N–H and O–H groups in total. The molecule has 3 nitrogen and oxygen atoms in total. The molecule has 90 valence electrons. The zero-order chi connectivity index (χ0) is 12.8. The van der Waals surface area contributed by atoms with Gasteiger partial charge < -0.3 is 5.32 Å².